The maximum atomic E-state index is 13.1. The molecule has 36 heavy (non-hydrogen) atoms. The number of fused-ring (bicyclic) bond motifs is 1. The molecule has 1 saturated heterocycles. The normalized spacial score (nSPS) is 19.4. The second kappa shape index (κ2) is 9.37. The molecule has 1 aliphatic carbocycles. The molecule has 0 spiro atoms. The number of pyridine rings is 1. The number of benzene rings is 1. The van der Waals surface area contributed by atoms with E-state index >= 15 is 0 Å². The van der Waals surface area contributed by atoms with E-state index in [0.717, 1.165) is 59.9 Å². The maximum Gasteiger partial charge on any atom is 0.248 e. The monoisotopic (exact) mass is 491 g/mol. The van der Waals surface area contributed by atoms with Gasteiger partial charge in [0.1, 0.15) is 5.82 Å². The van der Waals surface area contributed by atoms with Gasteiger partial charge in [0.2, 0.25) is 5.92 Å². The Hall–Kier alpha value is -3.17. The lowest BCUT2D eigenvalue weighted by molar-refractivity contribution is -0.114. The zero-order valence-electron chi connectivity index (χ0n) is 20.4. The van der Waals surface area contributed by atoms with Crippen molar-refractivity contribution in [2.75, 3.05) is 26.2 Å². The van der Waals surface area contributed by atoms with Crippen LogP contribution in [0.5, 0.6) is 0 Å². The lowest BCUT2D eigenvalue weighted by atomic mass is 9.81. The van der Waals surface area contributed by atoms with E-state index < -0.39 is 5.92 Å². The Bertz CT molecular complexity index is 1350. The summed E-state index contributed by atoms with van der Waals surface area (Å²) in [4.78, 5) is 15.3. The lowest BCUT2D eigenvalue weighted by Crippen LogP contribution is -2.44. The van der Waals surface area contributed by atoms with E-state index in [1.165, 1.54) is 5.56 Å². The number of hydrogen-bond donors (Lipinski definition) is 2. The van der Waals surface area contributed by atoms with E-state index in [4.69, 9.17) is 4.98 Å². The molecule has 1 saturated carbocycles. The van der Waals surface area contributed by atoms with Crippen LogP contribution in [0.1, 0.15) is 42.9 Å². The summed E-state index contributed by atoms with van der Waals surface area (Å²) >= 11 is 0. The van der Waals surface area contributed by atoms with Crippen molar-refractivity contribution in [1.29, 1.82) is 0 Å². The van der Waals surface area contributed by atoms with Crippen LogP contribution in [0.2, 0.25) is 0 Å². The number of H-pyrrole nitrogens is 1. The zero-order valence-corrected chi connectivity index (χ0v) is 20.4. The van der Waals surface area contributed by atoms with Crippen molar-refractivity contribution < 1.29 is 8.78 Å². The Morgan fingerprint density at radius 1 is 1.11 bits per heavy atom. The minimum absolute atomic E-state index is 0.00245. The first-order valence-electron chi connectivity index (χ1n) is 12.7. The van der Waals surface area contributed by atoms with E-state index in [1.54, 1.807) is 10.9 Å². The summed E-state index contributed by atoms with van der Waals surface area (Å²) in [6.07, 6.45) is 6.17. The molecule has 1 unspecified atom stereocenters. The van der Waals surface area contributed by atoms with Gasteiger partial charge in [0.05, 0.1) is 17.2 Å². The SMILES string of the molecule is CC(c1ccnc(Cc2nc3ccc(-c4cnn(CC5CC(F)(F)C5)c4)cc3[nH]2)c1)N1CCNCC1. The van der Waals surface area contributed by atoms with Crippen molar-refractivity contribution in [3.63, 3.8) is 0 Å². The Morgan fingerprint density at radius 3 is 2.75 bits per heavy atom. The third-order valence-corrected chi connectivity index (χ3v) is 7.49. The number of nitrogens with one attached hydrogen (secondary N) is 2. The molecule has 188 valence electrons. The van der Waals surface area contributed by atoms with Crippen LogP contribution >= 0.6 is 0 Å². The highest BCUT2D eigenvalue weighted by Crippen LogP contribution is 2.43. The van der Waals surface area contributed by atoms with Gasteiger partial charge in [-0.1, -0.05) is 6.07 Å². The third kappa shape index (κ3) is 4.90. The first-order valence-corrected chi connectivity index (χ1v) is 12.7. The van der Waals surface area contributed by atoms with Gasteiger partial charge in [-0.05, 0) is 48.2 Å². The van der Waals surface area contributed by atoms with Gasteiger partial charge in [0, 0.05) is 81.7 Å². The van der Waals surface area contributed by atoms with Crippen LogP contribution in [0.15, 0.2) is 48.9 Å². The largest absolute Gasteiger partial charge is 0.342 e. The highest BCUT2D eigenvalue weighted by molar-refractivity contribution is 5.81. The van der Waals surface area contributed by atoms with Gasteiger partial charge in [-0.3, -0.25) is 14.6 Å². The van der Waals surface area contributed by atoms with E-state index in [2.05, 4.69) is 50.4 Å². The standard InChI is InChI=1S/C27H31F2N7/c1-18(35-8-6-30-7-9-35)20-4-5-31-23(10-20)12-26-33-24-3-2-21(11-25(24)34-26)22-15-32-36(17-22)16-19-13-27(28,29)14-19/h2-5,10-11,15,17-19,30H,6-9,12-14,16H2,1H3,(H,33,34). The number of alkyl halides is 2. The molecule has 1 atom stereocenters. The van der Waals surface area contributed by atoms with Crippen LogP contribution in [-0.2, 0) is 13.0 Å². The quantitative estimate of drug-likeness (QED) is 0.400. The fraction of sp³-hybridized carbons (Fsp3) is 0.444. The molecular weight excluding hydrogens is 460 g/mol. The van der Waals surface area contributed by atoms with Gasteiger partial charge in [-0.2, -0.15) is 5.10 Å². The predicted octanol–water partition coefficient (Wildman–Crippen LogP) is 4.42. The van der Waals surface area contributed by atoms with Crippen molar-refractivity contribution in [1.82, 2.24) is 34.9 Å². The third-order valence-electron chi connectivity index (χ3n) is 7.49. The molecule has 4 heterocycles. The van der Waals surface area contributed by atoms with E-state index in [9.17, 15) is 8.78 Å². The second-order valence-corrected chi connectivity index (χ2v) is 10.2. The molecule has 2 aliphatic rings. The van der Waals surface area contributed by atoms with Crippen molar-refractivity contribution in [2.45, 2.75) is 44.7 Å². The van der Waals surface area contributed by atoms with Crippen LogP contribution in [-0.4, -0.2) is 61.7 Å². The molecule has 0 amide bonds. The molecule has 2 fully saturated rings. The van der Waals surface area contributed by atoms with Crippen LogP contribution < -0.4 is 5.32 Å². The van der Waals surface area contributed by atoms with Crippen LogP contribution in [0.3, 0.4) is 0 Å². The van der Waals surface area contributed by atoms with Gasteiger partial charge in [0.25, 0.3) is 0 Å². The summed E-state index contributed by atoms with van der Waals surface area (Å²) in [7, 11) is 0. The number of halogens is 2. The lowest BCUT2D eigenvalue weighted by Gasteiger charge is -2.34. The van der Waals surface area contributed by atoms with Gasteiger partial charge < -0.3 is 10.3 Å². The zero-order chi connectivity index (χ0) is 24.7. The molecule has 2 N–H and O–H groups in total. The highest BCUT2D eigenvalue weighted by Gasteiger charge is 2.45. The molecule has 3 aromatic heterocycles. The Balaban J connectivity index is 1.15. The number of nitrogens with zero attached hydrogens (tertiary/aromatic N) is 5. The molecule has 9 heteroatoms. The number of piperazine rings is 1. The molecule has 1 aromatic carbocycles. The number of aromatic nitrogens is 5. The number of aromatic amines is 1. The summed E-state index contributed by atoms with van der Waals surface area (Å²) in [5, 5.41) is 7.80. The minimum atomic E-state index is -2.50. The molecule has 0 bridgehead atoms. The Labute approximate surface area is 208 Å². The van der Waals surface area contributed by atoms with Crippen LogP contribution in [0, 0.1) is 5.92 Å². The fourth-order valence-electron chi connectivity index (χ4n) is 5.42. The number of hydrogen-bond acceptors (Lipinski definition) is 5. The van der Waals surface area contributed by atoms with Crippen molar-refractivity contribution in [2.24, 2.45) is 5.92 Å². The van der Waals surface area contributed by atoms with Gasteiger partial charge in [-0.25, -0.2) is 13.8 Å². The summed E-state index contributed by atoms with van der Waals surface area (Å²) in [5.74, 6) is -1.62. The van der Waals surface area contributed by atoms with Crippen molar-refractivity contribution in [3.05, 3.63) is 66.0 Å². The van der Waals surface area contributed by atoms with E-state index in [0.29, 0.717) is 19.0 Å². The predicted molar refractivity (Wildman–Crippen MR) is 135 cm³/mol. The molecular formula is C27H31F2N7. The summed E-state index contributed by atoms with van der Waals surface area (Å²) in [6.45, 7) is 6.97. The molecule has 4 aromatic rings. The van der Waals surface area contributed by atoms with E-state index in [-0.39, 0.29) is 18.8 Å². The van der Waals surface area contributed by atoms with E-state index in [1.807, 2.05) is 24.5 Å². The van der Waals surface area contributed by atoms with Gasteiger partial charge >= 0.3 is 0 Å². The fourth-order valence-corrected chi connectivity index (χ4v) is 5.42. The van der Waals surface area contributed by atoms with Gasteiger partial charge in [0.15, 0.2) is 0 Å². The van der Waals surface area contributed by atoms with Crippen LogP contribution in [0.4, 0.5) is 8.78 Å². The average Bonchev–Trinajstić information content (AvgIpc) is 3.49. The summed E-state index contributed by atoms with van der Waals surface area (Å²) < 4.78 is 28.0. The topological polar surface area (TPSA) is 74.7 Å². The first-order chi connectivity index (χ1) is 17.4. The molecule has 6 rings (SSSR count). The molecule has 7 nitrogen and oxygen atoms in total. The van der Waals surface area contributed by atoms with Crippen molar-refractivity contribution in [3.8, 4) is 11.1 Å². The summed E-state index contributed by atoms with van der Waals surface area (Å²) in [6, 6.07) is 10.8. The number of rotatable bonds is 7. The first kappa shape index (κ1) is 23.2. The van der Waals surface area contributed by atoms with Crippen LogP contribution in [0.25, 0.3) is 22.2 Å². The average molecular weight is 492 g/mol. The smallest absolute Gasteiger partial charge is 0.248 e. The maximum absolute atomic E-state index is 13.1. The highest BCUT2D eigenvalue weighted by atomic mass is 19.3. The van der Waals surface area contributed by atoms with Gasteiger partial charge in [-0.15, -0.1) is 0 Å². The molecule has 0 radical (unpaired) electrons. The second-order valence-electron chi connectivity index (χ2n) is 10.2. The Kier molecular flexibility index (Phi) is 6.05. The molecule has 1 aliphatic heterocycles. The number of imidazole rings is 1. The minimum Gasteiger partial charge on any atom is -0.342 e. The summed E-state index contributed by atoms with van der Waals surface area (Å²) in [5.41, 5.74) is 6.13. The Morgan fingerprint density at radius 2 is 1.94 bits per heavy atom. The van der Waals surface area contributed by atoms with Crippen molar-refractivity contribution >= 4 is 11.0 Å².